The summed E-state index contributed by atoms with van der Waals surface area (Å²) in [5.41, 5.74) is 8.74. The second-order valence-electron chi connectivity index (χ2n) is 10.5. The van der Waals surface area contributed by atoms with E-state index in [1.54, 1.807) is 6.92 Å². The monoisotopic (exact) mass is 489 g/mol. The molecule has 3 nitrogen and oxygen atoms in total. The first-order chi connectivity index (χ1) is 18.0. The maximum Gasteiger partial charge on any atom is 0.216 e. The second kappa shape index (κ2) is 9.16. The molecule has 184 valence electrons. The summed E-state index contributed by atoms with van der Waals surface area (Å²) in [5, 5.41) is 12.0. The van der Waals surface area contributed by atoms with Crippen LogP contribution in [0.5, 0.6) is 0 Å². The van der Waals surface area contributed by atoms with Gasteiger partial charge in [0.05, 0.1) is 17.2 Å². The molecule has 0 saturated heterocycles. The van der Waals surface area contributed by atoms with Crippen LogP contribution in [0.25, 0.3) is 44.3 Å². The van der Waals surface area contributed by atoms with Gasteiger partial charge in [0.1, 0.15) is 18.2 Å². The highest BCUT2D eigenvalue weighted by Crippen LogP contribution is 2.42. The average Bonchev–Trinajstić information content (AvgIpc) is 3.29. The van der Waals surface area contributed by atoms with Crippen LogP contribution in [0.3, 0.4) is 0 Å². The first kappa shape index (κ1) is 23.4. The summed E-state index contributed by atoms with van der Waals surface area (Å²) in [7, 11) is 1.85. The molecule has 1 aliphatic carbocycles. The van der Waals surface area contributed by atoms with E-state index in [1.807, 2.05) is 36.7 Å². The van der Waals surface area contributed by atoms with Crippen molar-refractivity contribution < 1.29 is 13.4 Å². The molecule has 5 aromatic rings. The predicted molar refractivity (Wildman–Crippen MR) is 146 cm³/mol. The predicted octanol–water partition coefficient (Wildman–Crippen LogP) is 8.42. The van der Waals surface area contributed by atoms with Crippen LogP contribution in [0.1, 0.15) is 60.3 Å². The fourth-order valence-electron chi connectivity index (χ4n) is 6.02. The van der Waals surface area contributed by atoms with Crippen molar-refractivity contribution in [1.82, 2.24) is 0 Å². The van der Waals surface area contributed by atoms with Crippen molar-refractivity contribution in [3.05, 3.63) is 88.9 Å². The van der Waals surface area contributed by atoms with Gasteiger partial charge in [-0.2, -0.15) is 9.83 Å². The highest BCUT2D eigenvalue weighted by Gasteiger charge is 2.24. The Labute approximate surface area is 216 Å². The number of aryl methyl sites for hydroxylation is 3. The first-order valence-electron chi connectivity index (χ1n) is 13.1. The molecule has 0 bridgehead atoms. The topological polar surface area (TPSA) is 40.8 Å². The molecule has 0 spiro atoms. The Morgan fingerprint density at radius 1 is 0.865 bits per heavy atom. The van der Waals surface area contributed by atoms with E-state index >= 15 is 0 Å². The molecule has 1 aliphatic rings. The van der Waals surface area contributed by atoms with E-state index in [-0.39, 0.29) is 5.82 Å². The molecule has 0 N–H and O–H groups in total. The highest BCUT2D eigenvalue weighted by molar-refractivity contribution is 6.14. The molecule has 4 heteroatoms. The maximum atomic E-state index is 14.3. The van der Waals surface area contributed by atoms with Gasteiger partial charge in [0, 0.05) is 22.4 Å². The maximum absolute atomic E-state index is 14.3. The van der Waals surface area contributed by atoms with Gasteiger partial charge in [-0.3, -0.25) is 0 Å². The van der Waals surface area contributed by atoms with Gasteiger partial charge in [-0.1, -0.05) is 55.7 Å². The number of nitriles is 1. The third kappa shape index (κ3) is 3.90. The van der Waals surface area contributed by atoms with E-state index in [0.29, 0.717) is 22.6 Å². The molecular formula is C33H30FN2O+. The van der Waals surface area contributed by atoms with E-state index in [2.05, 4.69) is 42.5 Å². The molecule has 2 aromatic heterocycles. The summed E-state index contributed by atoms with van der Waals surface area (Å²) in [5.74, 6) is 0.393. The summed E-state index contributed by atoms with van der Waals surface area (Å²) >= 11 is 0. The van der Waals surface area contributed by atoms with E-state index in [4.69, 9.17) is 4.42 Å². The molecule has 0 atom stereocenters. The number of aromatic nitrogens is 1. The molecule has 2 heterocycles. The van der Waals surface area contributed by atoms with Crippen molar-refractivity contribution >= 4 is 21.9 Å². The SMILES string of the molecule is Cc1cc(-c2c(C)ccc3c2oc2c(-c4ccc(C5CCCCC5)cc4)c(C#N)ccc23)[n+](C)cc1F. The molecule has 0 radical (unpaired) electrons. The van der Waals surface area contributed by atoms with Gasteiger partial charge in [-0.15, -0.1) is 0 Å². The van der Waals surface area contributed by atoms with Gasteiger partial charge in [0.2, 0.25) is 11.9 Å². The zero-order chi connectivity index (χ0) is 25.7. The zero-order valence-corrected chi connectivity index (χ0v) is 21.6. The molecule has 3 aromatic carbocycles. The van der Waals surface area contributed by atoms with Crippen LogP contribution in [0.2, 0.25) is 0 Å². The van der Waals surface area contributed by atoms with Crippen LogP contribution < -0.4 is 4.57 Å². The quantitative estimate of drug-likeness (QED) is 0.239. The van der Waals surface area contributed by atoms with Crippen LogP contribution in [0.15, 0.2) is 65.2 Å². The average molecular weight is 490 g/mol. The number of fused-ring (bicyclic) bond motifs is 3. The molecule has 0 unspecified atom stereocenters. The van der Waals surface area contributed by atoms with Gasteiger partial charge in [0.15, 0.2) is 5.82 Å². The third-order valence-corrected chi connectivity index (χ3v) is 8.09. The fraction of sp³-hybridized carbons (Fsp3) is 0.273. The lowest BCUT2D eigenvalue weighted by Gasteiger charge is -2.22. The summed E-state index contributed by atoms with van der Waals surface area (Å²) in [6.07, 6.45) is 7.96. The minimum atomic E-state index is -0.238. The van der Waals surface area contributed by atoms with E-state index in [0.717, 1.165) is 44.3 Å². The fourth-order valence-corrected chi connectivity index (χ4v) is 6.02. The second-order valence-corrected chi connectivity index (χ2v) is 10.5. The molecular weight excluding hydrogens is 459 g/mol. The van der Waals surface area contributed by atoms with Crippen molar-refractivity contribution in [2.45, 2.75) is 51.9 Å². The van der Waals surface area contributed by atoms with Crippen LogP contribution in [0.4, 0.5) is 4.39 Å². The minimum absolute atomic E-state index is 0.238. The van der Waals surface area contributed by atoms with Crippen molar-refractivity contribution in [2.75, 3.05) is 0 Å². The number of furan rings is 1. The number of nitrogens with zero attached hydrogens (tertiary/aromatic N) is 2. The normalized spacial score (nSPS) is 14.4. The van der Waals surface area contributed by atoms with Crippen LogP contribution in [-0.2, 0) is 7.05 Å². The first-order valence-corrected chi connectivity index (χ1v) is 13.1. The lowest BCUT2D eigenvalue weighted by atomic mass is 9.83. The summed E-state index contributed by atoms with van der Waals surface area (Å²) < 4.78 is 22.7. The standard InChI is InChI=1S/C33H30FN2O/c1-20-9-15-26-27-16-14-25(18-35)31(24-12-10-23(11-13-24)22-7-5-4-6-8-22)33(27)37-32(26)30(20)29-17-21(2)28(34)19-36(29)3/h9-17,19,22H,4-8H2,1-3H3/q+1. The van der Waals surface area contributed by atoms with Crippen molar-refractivity contribution in [3.8, 4) is 28.5 Å². The number of hydrogen-bond acceptors (Lipinski definition) is 2. The number of halogens is 1. The van der Waals surface area contributed by atoms with Crippen molar-refractivity contribution in [1.29, 1.82) is 5.26 Å². The van der Waals surface area contributed by atoms with Gasteiger partial charge in [-0.25, -0.2) is 4.39 Å². The Morgan fingerprint density at radius 2 is 1.54 bits per heavy atom. The Bertz CT molecular complexity index is 1700. The van der Waals surface area contributed by atoms with E-state index < -0.39 is 0 Å². The van der Waals surface area contributed by atoms with Crippen LogP contribution >= 0.6 is 0 Å². The van der Waals surface area contributed by atoms with E-state index in [1.165, 1.54) is 43.9 Å². The number of benzene rings is 3. The molecule has 6 rings (SSSR count). The van der Waals surface area contributed by atoms with Gasteiger partial charge < -0.3 is 4.42 Å². The van der Waals surface area contributed by atoms with Gasteiger partial charge in [-0.05, 0) is 67.0 Å². The Morgan fingerprint density at radius 3 is 2.24 bits per heavy atom. The minimum Gasteiger partial charge on any atom is -0.454 e. The van der Waals surface area contributed by atoms with Crippen LogP contribution in [0, 0.1) is 31.0 Å². The third-order valence-electron chi connectivity index (χ3n) is 8.09. The lowest BCUT2D eigenvalue weighted by molar-refractivity contribution is -0.662. The number of hydrogen-bond donors (Lipinski definition) is 0. The molecule has 0 aliphatic heterocycles. The van der Waals surface area contributed by atoms with Crippen LogP contribution in [-0.4, -0.2) is 0 Å². The smallest absolute Gasteiger partial charge is 0.216 e. The Hall–Kier alpha value is -3.97. The zero-order valence-electron chi connectivity index (χ0n) is 21.6. The summed E-state index contributed by atoms with van der Waals surface area (Å²) in [6.45, 7) is 3.83. The van der Waals surface area contributed by atoms with Gasteiger partial charge >= 0.3 is 0 Å². The molecule has 1 saturated carbocycles. The molecule has 37 heavy (non-hydrogen) atoms. The van der Waals surface area contributed by atoms with E-state index in [9.17, 15) is 9.65 Å². The molecule has 1 fully saturated rings. The Balaban J connectivity index is 1.57. The van der Waals surface area contributed by atoms with Crippen molar-refractivity contribution in [3.63, 3.8) is 0 Å². The lowest BCUT2D eigenvalue weighted by Crippen LogP contribution is -2.31. The highest BCUT2D eigenvalue weighted by atomic mass is 19.1. The van der Waals surface area contributed by atoms with Crippen molar-refractivity contribution in [2.24, 2.45) is 7.05 Å². The summed E-state index contributed by atoms with van der Waals surface area (Å²) in [6, 6.07) is 21.0. The number of rotatable bonds is 3. The summed E-state index contributed by atoms with van der Waals surface area (Å²) in [4.78, 5) is 0. The number of pyridine rings is 1. The largest absolute Gasteiger partial charge is 0.454 e. The van der Waals surface area contributed by atoms with Gasteiger partial charge in [0.25, 0.3) is 0 Å². The Kier molecular flexibility index (Phi) is 5.80. The molecule has 0 amide bonds.